The van der Waals surface area contributed by atoms with E-state index in [1.807, 2.05) is 37.2 Å². The van der Waals surface area contributed by atoms with E-state index < -0.39 is 0 Å². The quantitative estimate of drug-likeness (QED) is 0.311. The standard InChI is InChI=1S/C30H29N7OS/c1-18-32-14-23(39-18)27-24(19-3-4-22-20(11-19)13-34-36(22)2)25-26-21(12-33-28(25)35-27)15-38-30(26)8-10-37(17-30)16-29(5-6-29)7-9-31/h3-4,11-14H,5-8,10,15-17H2,1-2H3,(H,33,35)/t30-/m1/s1. The summed E-state index contributed by atoms with van der Waals surface area (Å²) in [4.78, 5) is 16.8. The summed E-state index contributed by atoms with van der Waals surface area (Å²) in [5.74, 6) is 0. The van der Waals surface area contributed by atoms with Crippen molar-refractivity contribution in [3.8, 4) is 27.8 Å². The fraction of sp³-hybridized carbons (Fsp3) is 0.400. The van der Waals surface area contributed by atoms with E-state index in [4.69, 9.17) is 9.72 Å². The number of pyridine rings is 1. The van der Waals surface area contributed by atoms with Gasteiger partial charge in [0.15, 0.2) is 0 Å². The molecular weight excluding hydrogens is 506 g/mol. The summed E-state index contributed by atoms with van der Waals surface area (Å²) in [6, 6.07) is 9.02. The van der Waals surface area contributed by atoms with Crippen LogP contribution in [0.25, 0.3) is 43.6 Å². The van der Waals surface area contributed by atoms with E-state index in [-0.39, 0.29) is 11.0 Å². The predicted molar refractivity (Wildman–Crippen MR) is 151 cm³/mol. The van der Waals surface area contributed by atoms with Crippen molar-refractivity contribution < 1.29 is 4.74 Å². The molecule has 8 rings (SSSR count). The Kier molecular flexibility index (Phi) is 4.91. The highest BCUT2D eigenvalue weighted by atomic mass is 32.1. The monoisotopic (exact) mass is 535 g/mol. The molecule has 8 nitrogen and oxygen atoms in total. The van der Waals surface area contributed by atoms with Crippen molar-refractivity contribution in [2.45, 2.75) is 44.8 Å². The number of nitrogens with zero attached hydrogens (tertiary/aromatic N) is 6. The molecule has 1 aromatic carbocycles. The summed E-state index contributed by atoms with van der Waals surface area (Å²) < 4.78 is 8.62. The number of benzene rings is 1. The number of nitriles is 1. The molecule has 2 fully saturated rings. The SMILES string of the molecule is Cc1ncc(-c2[nH]c3ncc4c(c3c2-c2ccc3c(cnn3C)c2)[C@]2(CCN(CC3(CC#N)CC3)C2)OC4)s1. The topological polar surface area (TPSA) is 95.7 Å². The minimum Gasteiger partial charge on any atom is -0.364 e. The molecule has 1 aliphatic carbocycles. The van der Waals surface area contributed by atoms with Crippen LogP contribution >= 0.6 is 11.3 Å². The van der Waals surface area contributed by atoms with Crippen LogP contribution in [-0.4, -0.2) is 49.3 Å². The van der Waals surface area contributed by atoms with E-state index in [9.17, 15) is 5.26 Å². The maximum atomic E-state index is 9.36. The van der Waals surface area contributed by atoms with Crippen molar-refractivity contribution >= 4 is 33.3 Å². The number of likely N-dealkylation sites (tertiary alicyclic amines) is 1. The molecule has 0 bridgehead atoms. The Morgan fingerprint density at radius 2 is 2.08 bits per heavy atom. The molecule has 4 aromatic heterocycles. The maximum absolute atomic E-state index is 9.36. The molecule has 0 amide bonds. The van der Waals surface area contributed by atoms with Crippen molar-refractivity contribution in [1.82, 2.24) is 29.6 Å². The number of hydrogen-bond acceptors (Lipinski definition) is 7. The lowest BCUT2D eigenvalue weighted by Crippen LogP contribution is -2.34. The highest BCUT2D eigenvalue weighted by molar-refractivity contribution is 7.15. The van der Waals surface area contributed by atoms with Crippen molar-refractivity contribution in [3.63, 3.8) is 0 Å². The van der Waals surface area contributed by atoms with Crippen LogP contribution in [0.3, 0.4) is 0 Å². The zero-order chi connectivity index (χ0) is 26.4. The number of nitrogens with one attached hydrogen (secondary N) is 1. The van der Waals surface area contributed by atoms with Crippen LogP contribution < -0.4 is 0 Å². The molecule has 1 N–H and O–H groups in total. The van der Waals surface area contributed by atoms with Gasteiger partial charge in [-0.05, 0) is 49.3 Å². The molecule has 39 heavy (non-hydrogen) atoms. The number of fused-ring (bicyclic) bond motifs is 5. The van der Waals surface area contributed by atoms with Crippen LogP contribution in [0.2, 0.25) is 0 Å². The van der Waals surface area contributed by atoms with Crippen molar-refractivity contribution in [2.75, 3.05) is 19.6 Å². The second kappa shape index (κ2) is 8.21. The van der Waals surface area contributed by atoms with Crippen molar-refractivity contribution in [3.05, 3.63) is 52.9 Å². The first-order valence-corrected chi connectivity index (χ1v) is 14.4. The van der Waals surface area contributed by atoms with Gasteiger partial charge in [-0.15, -0.1) is 11.3 Å². The van der Waals surface area contributed by atoms with Gasteiger partial charge in [0.2, 0.25) is 0 Å². The molecule has 6 heterocycles. The average Bonchev–Trinajstić information content (AvgIpc) is 3.44. The Balaban J connectivity index is 1.31. The van der Waals surface area contributed by atoms with E-state index in [0.29, 0.717) is 13.0 Å². The molecular formula is C30H29N7OS. The molecule has 0 unspecified atom stereocenters. The van der Waals surface area contributed by atoms with E-state index in [1.165, 1.54) is 11.1 Å². The highest BCUT2D eigenvalue weighted by Crippen LogP contribution is 2.53. The van der Waals surface area contributed by atoms with Crippen molar-refractivity contribution in [1.29, 1.82) is 5.26 Å². The molecule has 9 heteroatoms. The summed E-state index contributed by atoms with van der Waals surface area (Å²) in [5.41, 5.74) is 7.64. The Hall–Kier alpha value is -3.58. The maximum Gasteiger partial charge on any atom is 0.138 e. The van der Waals surface area contributed by atoms with Crippen LogP contribution in [0.5, 0.6) is 0 Å². The van der Waals surface area contributed by atoms with Crippen LogP contribution in [0.15, 0.2) is 36.8 Å². The van der Waals surface area contributed by atoms with Crippen LogP contribution in [-0.2, 0) is 24.0 Å². The third-order valence-corrected chi connectivity index (χ3v) is 9.97. The molecule has 1 saturated carbocycles. The zero-order valence-corrected chi connectivity index (χ0v) is 22.9. The van der Waals surface area contributed by atoms with E-state index >= 15 is 0 Å². The van der Waals surface area contributed by atoms with Gasteiger partial charge in [-0.3, -0.25) is 9.58 Å². The average molecular weight is 536 g/mol. The number of aryl methyl sites for hydroxylation is 2. The normalized spacial score (nSPS) is 21.8. The first kappa shape index (κ1) is 23.3. The second-order valence-corrected chi connectivity index (χ2v) is 12.9. The fourth-order valence-electron chi connectivity index (χ4n) is 6.91. The molecule has 2 aliphatic heterocycles. The number of aromatic nitrogens is 5. The van der Waals surface area contributed by atoms with Gasteiger partial charge in [0.25, 0.3) is 0 Å². The van der Waals surface area contributed by atoms with Crippen LogP contribution in [0.1, 0.15) is 41.8 Å². The molecule has 1 saturated heterocycles. The van der Waals surface area contributed by atoms with Gasteiger partial charge in [-0.2, -0.15) is 10.4 Å². The van der Waals surface area contributed by atoms with Gasteiger partial charge in [-0.1, -0.05) is 6.07 Å². The molecule has 3 aliphatic rings. The van der Waals surface area contributed by atoms with Gasteiger partial charge in [0, 0.05) is 73.0 Å². The van der Waals surface area contributed by atoms with Gasteiger partial charge < -0.3 is 9.72 Å². The number of hydrogen-bond donors (Lipinski definition) is 1. The van der Waals surface area contributed by atoms with E-state index in [1.54, 1.807) is 11.3 Å². The van der Waals surface area contributed by atoms with E-state index in [0.717, 1.165) is 87.5 Å². The summed E-state index contributed by atoms with van der Waals surface area (Å²) in [6.07, 6.45) is 9.81. The number of H-pyrrole nitrogens is 1. The molecule has 5 aromatic rings. The van der Waals surface area contributed by atoms with Gasteiger partial charge in [0.05, 0.1) is 40.0 Å². The fourth-order valence-corrected chi connectivity index (χ4v) is 7.69. The Labute approximate surface area is 230 Å². The minimum atomic E-state index is -0.366. The first-order valence-electron chi connectivity index (χ1n) is 13.6. The third kappa shape index (κ3) is 3.52. The Bertz CT molecular complexity index is 1820. The smallest absolute Gasteiger partial charge is 0.138 e. The lowest BCUT2D eigenvalue weighted by atomic mass is 9.87. The summed E-state index contributed by atoms with van der Waals surface area (Å²) in [6.45, 7) is 5.45. The van der Waals surface area contributed by atoms with Crippen molar-refractivity contribution in [2.24, 2.45) is 12.5 Å². The Morgan fingerprint density at radius 1 is 1.18 bits per heavy atom. The number of aromatic amines is 1. The lowest BCUT2D eigenvalue weighted by molar-refractivity contribution is -0.0296. The molecule has 0 radical (unpaired) electrons. The summed E-state index contributed by atoms with van der Waals surface area (Å²) in [7, 11) is 1.98. The minimum absolute atomic E-state index is 0.185. The summed E-state index contributed by atoms with van der Waals surface area (Å²) >= 11 is 1.70. The molecule has 1 atom stereocenters. The van der Waals surface area contributed by atoms with Crippen LogP contribution in [0.4, 0.5) is 0 Å². The van der Waals surface area contributed by atoms with Crippen LogP contribution in [0, 0.1) is 23.7 Å². The predicted octanol–water partition coefficient (Wildman–Crippen LogP) is 5.67. The van der Waals surface area contributed by atoms with E-state index in [2.05, 4.69) is 44.2 Å². The Morgan fingerprint density at radius 3 is 2.87 bits per heavy atom. The van der Waals surface area contributed by atoms with Gasteiger partial charge in [-0.25, -0.2) is 9.97 Å². The third-order valence-electron chi connectivity index (χ3n) is 9.04. The van der Waals surface area contributed by atoms with Gasteiger partial charge >= 0.3 is 0 Å². The number of rotatable bonds is 5. The first-order chi connectivity index (χ1) is 19.0. The highest BCUT2D eigenvalue weighted by Gasteiger charge is 2.51. The zero-order valence-electron chi connectivity index (χ0n) is 22.1. The lowest BCUT2D eigenvalue weighted by Gasteiger charge is -2.27. The van der Waals surface area contributed by atoms with Gasteiger partial charge in [0.1, 0.15) is 11.2 Å². The number of thiazole rings is 1. The summed E-state index contributed by atoms with van der Waals surface area (Å²) in [5, 5.41) is 17.1. The molecule has 196 valence electrons. The number of ether oxygens (including phenoxy) is 1. The molecule has 1 spiro atoms. The second-order valence-electron chi connectivity index (χ2n) is 11.6. The largest absolute Gasteiger partial charge is 0.364 e.